The Morgan fingerprint density at radius 3 is 2.41 bits per heavy atom. The second-order valence-electron chi connectivity index (χ2n) is 3.84. The lowest BCUT2D eigenvalue weighted by atomic mass is 9.95. The van der Waals surface area contributed by atoms with Crippen molar-refractivity contribution in [2.45, 2.75) is 25.9 Å². The molecule has 0 amide bonds. The van der Waals surface area contributed by atoms with Crippen LogP contribution in [0.5, 0.6) is 11.5 Å². The first-order chi connectivity index (χ1) is 8.17. The summed E-state index contributed by atoms with van der Waals surface area (Å²) in [5.74, 6) is 1.08. The monoisotopic (exact) mass is 240 g/mol. The molecule has 0 aliphatic heterocycles. The molecule has 1 aromatic carbocycles. The molecular weight excluding hydrogens is 223 g/mol. The molecule has 17 heavy (non-hydrogen) atoms. The second-order valence-corrected chi connectivity index (χ2v) is 3.84. The zero-order valence-corrected chi connectivity index (χ0v) is 10.3. The van der Waals surface area contributed by atoms with Gasteiger partial charge in [0, 0.05) is 18.1 Å². The van der Waals surface area contributed by atoms with Gasteiger partial charge in [-0.15, -0.1) is 0 Å². The van der Waals surface area contributed by atoms with Gasteiger partial charge in [-0.1, -0.05) is 6.92 Å². The van der Waals surface area contributed by atoms with E-state index in [1.54, 1.807) is 19.2 Å². The minimum Gasteiger partial charge on any atom is -0.496 e. The van der Waals surface area contributed by atoms with Gasteiger partial charge in [-0.05, 0) is 17.5 Å². The van der Waals surface area contributed by atoms with Crippen LogP contribution in [0, 0.1) is 0 Å². The van der Waals surface area contributed by atoms with Crippen LogP contribution < -0.4 is 9.47 Å². The quantitative estimate of drug-likeness (QED) is 0.717. The molecule has 1 aromatic rings. The van der Waals surface area contributed by atoms with E-state index in [4.69, 9.17) is 9.47 Å². The summed E-state index contributed by atoms with van der Waals surface area (Å²) < 4.78 is 23.2. The minimum atomic E-state index is -0.603. The molecule has 0 bridgehead atoms. The van der Waals surface area contributed by atoms with Crippen LogP contribution >= 0.6 is 0 Å². The molecule has 0 heterocycles. The van der Waals surface area contributed by atoms with Crippen molar-refractivity contribution in [3.8, 4) is 11.5 Å². The Bertz CT molecular complexity index is 390. The van der Waals surface area contributed by atoms with Crippen LogP contribution in [-0.4, -0.2) is 20.5 Å². The van der Waals surface area contributed by atoms with Gasteiger partial charge in [-0.3, -0.25) is 0 Å². The van der Waals surface area contributed by atoms with Crippen LogP contribution in [0.3, 0.4) is 0 Å². The molecule has 0 radical (unpaired) electrons. The number of methoxy groups -OCH3 is 2. The van der Waals surface area contributed by atoms with E-state index >= 15 is 0 Å². The molecular formula is C13H17FO3. The number of benzene rings is 1. The van der Waals surface area contributed by atoms with Crippen molar-refractivity contribution < 1.29 is 18.7 Å². The van der Waals surface area contributed by atoms with Gasteiger partial charge in [0.2, 0.25) is 0 Å². The molecule has 0 fully saturated rings. The van der Waals surface area contributed by atoms with Gasteiger partial charge in [0.05, 0.1) is 14.2 Å². The molecule has 0 aliphatic rings. The summed E-state index contributed by atoms with van der Waals surface area (Å²) in [5.41, 5.74) is 1.30. The van der Waals surface area contributed by atoms with Gasteiger partial charge in [-0.2, -0.15) is 0 Å². The average Bonchev–Trinajstić information content (AvgIpc) is 2.37. The van der Waals surface area contributed by atoms with Crippen LogP contribution in [-0.2, 0) is 11.5 Å². The van der Waals surface area contributed by atoms with Gasteiger partial charge in [0.1, 0.15) is 24.5 Å². The van der Waals surface area contributed by atoms with Gasteiger partial charge >= 0.3 is 0 Å². The van der Waals surface area contributed by atoms with Crippen molar-refractivity contribution in [2.24, 2.45) is 0 Å². The minimum absolute atomic E-state index is 0.00124. The Hall–Kier alpha value is -1.58. The predicted octanol–water partition coefficient (Wildman–Crippen LogP) is 2.87. The van der Waals surface area contributed by atoms with Gasteiger partial charge in [-0.25, -0.2) is 4.39 Å². The van der Waals surface area contributed by atoms with E-state index in [-0.39, 0.29) is 5.92 Å². The first kappa shape index (κ1) is 13.5. The molecule has 4 heteroatoms. The highest BCUT2D eigenvalue weighted by Crippen LogP contribution is 2.35. The number of aldehydes is 1. The Labute approximate surface area is 101 Å². The number of rotatable bonds is 6. The third-order valence-electron chi connectivity index (χ3n) is 2.76. The highest BCUT2D eigenvalue weighted by Gasteiger charge is 2.15. The number of hydrogen-bond donors (Lipinski definition) is 0. The lowest BCUT2D eigenvalue weighted by molar-refractivity contribution is -0.108. The van der Waals surface area contributed by atoms with Gasteiger partial charge in [0.15, 0.2) is 0 Å². The Morgan fingerprint density at radius 1 is 1.29 bits per heavy atom. The molecule has 0 saturated heterocycles. The van der Waals surface area contributed by atoms with E-state index in [0.717, 1.165) is 11.8 Å². The smallest absolute Gasteiger partial charge is 0.128 e. The topological polar surface area (TPSA) is 35.5 Å². The van der Waals surface area contributed by atoms with E-state index in [1.165, 1.54) is 7.11 Å². The van der Waals surface area contributed by atoms with Crippen molar-refractivity contribution in [2.75, 3.05) is 14.2 Å². The standard InChI is InChI=1S/C13H17FO3/c1-9(4-5-15)11-6-10(8-14)12(16-2)7-13(11)17-3/h5-7,9H,4,8H2,1-3H3. The summed E-state index contributed by atoms with van der Waals surface area (Å²) in [6.45, 7) is 1.30. The molecule has 1 atom stereocenters. The molecule has 0 saturated carbocycles. The molecule has 1 rings (SSSR count). The summed E-state index contributed by atoms with van der Waals surface area (Å²) in [6.07, 6.45) is 1.23. The van der Waals surface area contributed by atoms with Crippen LogP contribution in [0.25, 0.3) is 0 Å². The maximum atomic E-state index is 12.8. The van der Waals surface area contributed by atoms with E-state index in [1.807, 2.05) is 6.92 Å². The molecule has 0 N–H and O–H groups in total. The SMILES string of the molecule is COc1cc(OC)c(C(C)CC=O)cc1CF. The zero-order chi connectivity index (χ0) is 12.8. The number of ether oxygens (including phenoxy) is 2. The Balaban J connectivity index is 3.22. The van der Waals surface area contributed by atoms with Crippen molar-refractivity contribution in [3.05, 3.63) is 23.3 Å². The van der Waals surface area contributed by atoms with E-state index < -0.39 is 6.67 Å². The van der Waals surface area contributed by atoms with Crippen LogP contribution in [0.1, 0.15) is 30.4 Å². The maximum Gasteiger partial charge on any atom is 0.128 e. The van der Waals surface area contributed by atoms with Crippen LogP contribution in [0.15, 0.2) is 12.1 Å². The molecule has 0 spiro atoms. The largest absolute Gasteiger partial charge is 0.496 e. The fraction of sp³-hybridized carbons (Fsp3) is 0.462. The maximum absolute atomic E-state index is 12.8. The van der Waals surface area contributed by atoms with Crippen molar-refractivity contribution in [1.29, 1.82) is 0 Å². The third kappa shape index (κ3) is 2.96. The fourth-order valence-electron chi connectivity index (χ4n) is 1.75. The van der Waals surface area contributed by atoms with Crippen LogP contribution in [0.4, 0.5) is 4.39 Å². The lowest BCUT2D eigenvalue weighted by Gasteiger charge is -2.16. The first-order valence-corrected chi connectivity index (χ1v) is 5.42. The number of alkyl halides is 1. The second kappa shape index (κ2) is 6.23. The molecule has 3 nitrogen and oxygen atoms in total. The number of carbonyl (C=O) groups is 1. The summed E-state index contributed by atoms with van der Waals surface area (Å²) in [6, 6.07) is 3.36. The van der Waals surface area contributed by atoms with E-state index in [9.17, 15) is 9.18 Å². The number of carbonyl (C=O) groups excluding carboxylic acids is 1. The Kier molecular flexibility index (Phi) is 4.94. The highest BCUT2D eigenvalue weighted by atomic mass is 19.1. The lowest BCUT2D eigenvalue weighted by Crippen LogP contribution is -2.01. The van der Waals surface area contributed by atoms with Crippen molar-refractivity contribution in [1.82, 2.24) is 0 Å². The number of halogens is 1. The normalized spacial score (nSPS) is 12.0. The molecule has 0 aromatic heterocycles. The fourth-order valence-corrected chi connectivity index (χ4v) is 1.75. The average molecular weight is 240 g/mol. The summed E-state index contributed by atoms with van der Waals surface area (Å²) >= 11 is 0. The number of hydrogen-bond acceptors (Lipinski definition) is 3. The van der Waals surface area contributed by atoms with E-state index in [0.29, 0.717) is 23.5 Å². The molecule has 1 unspecified atom stereocenters. The summed E-state index contributed by atoms with van der Waals surface area (Å²) in [4.78, 5) is 10.5. The molecule has 94 valence electrons. The van der Waals surface area contributed by atoms with Crippen LogP contribution in [0.2, 0.25) is 0 Å². The van der Waals surface area contributed by atoms with Crippen molar-refractivity contribution >= 4 is 6.29 Å². The van der Waals surface area contributed by atoms with Gasteiger partial charge < -0.3 is 14.3 Å². The summed E-state index contributed by atoms with van der Waals surface area (Å²) in [5, 5.41) is 0. The van der Waals surface area contributed by atoms with Crippen molar-refractivity contribution in [3.63, 3.8) is 0 Å². The van der Waals surface area contributed by atoms with E-state index in [2.05, 4.69) is 0 Å². The highest BCUT2D eigenvalue weighted by molar-refractivity contribution is 5.54. The van der Waals surface area contributed by atoms with Gasteiger partial charge in [0.25, 0.3) is 0 Å². The third-order valence-corrected chi connectivity index (χ3v) is 2.76. The summed E-state index contributed by atoms with van der Waals surface area (Å²) in [7, 11) is 3.03. The zero-order valence-electron chi connectivity index (χ0n) is 10.3. The predicted molar refractivity (Wildman–Crippen MR) is 63.5 cm³/mol. The Morgan fingerprint density at radius 2 is 1.94 bits per heavy atom. The first-order valence-electron chi connectivity index (χ1n) is 5.42. The molecule has 0 aliphatic carbocycles.